The van der Waals surface area contributed by atoms with Crippen LogP contribution in [0.3, 0.4) is 0 Å². The number of rotatable bonds is 3. The summed E-state index contributed by atoms with van der Waals surface area (Å²) in [4.78, 5) is 15.3. The maximum Gasteiger partial charge on any atom is 0.166 e. The third kappa shape index (κ3) is 3.99. The largest absolute Gasteiger partial charge is 0.208 e. The SMILES string of the molecule is Clc1c(-c2nc(-c3ccc4ccccc4c3)nc(-c3ccc4ccccc4c3)n2)c2ccccc2c2c1sc1ccccc12. The summed E-state index contributed by atoms with van der Waals surface area (Å²) in [7, 11) is 0. The van der Waals surface area contributed by atoms with Gasteiger partial charge in [0, 0.05) is 32.2 Å². The molecule has 0 amide bonds. The first-order chi connectivity index (χ1) is 21.7. The van der Waals surface area contributed by atoms with Crippen molar-refractivity contribution in [2.75, 3.05) is 0 Å². The lowest BCUT2D eigenvalue weighted by Gasteiger charge is -2.13. The van der Waals surface area contributed by atoms with Crippen LogP contribution >= 0.6 is 22.9 Å². The van der Waals surface area contributed by atoms with Crippen molar-refractivity contribution in [3.63, 3.8) is 0 Å². The molecule has 206 valence electrons. The number of aromatic nitrogens is 3. The number of nitrogens with zero attached hydrogens (tertiary/aromatic N) is 3. The summed E-state index contributed by atoms with van der Waals surface area (Å²) in [6, 6.07) is 46.3. The van der Waals surface area contributed by atoms with Crippen molar-refractivity contribution in [1.82, 2.24) is 15.0 Å². The molecule has 0 bridgehead atoms. The van der Waals surface area contributed by atoms with Crippen molar-refractivity contribution in [3.05, 3.63) is 138 Å². The van der Waals surface area contributed by atoms with Crippen molar-refractivity contribution in [1.29, 1.82) is 0 Å². The number of halogens is 1. The van der Waals surface area contributed by atoms with Crippen molar-refractivity contribution in [2.24, 2.45) is 0 Å². The average Bonchev–Trinajstić information content (AvgIpc) is 3.48. The van der Waals surface area contributed by atoms with E-state index in [-0.39, 0.29) is 0 Å². The molecular weight excluding hydrogens is 578 g/mol. The predicted molar refractivity (Wildman–Crippen MR) is 187 cm³/mol. The van der Waals surface area contributed by atoms with Crippen LogP contribution in [0.2, 0.25) is 5.02 Å². The first kappa shape index (κ1) is 25.3. The van der Waals surface area contributed by atoms with Crippen molar-refractivity contribution in [3.8, 4) is 34.2 Å². The average molecular weight is 600 g/mol. The van der Waals surface area contributed by atoms with Crippen LogP contribution < -0.4 is 0 Å². The minimum atomic E-state index is 0.562. The van der Waals surface area contributed by atoms with Crippen molar-refractivity contribution < 1.29 is 0 Å². The van der Waals surface area contributed by atoms with Crippen LogP contribution in [-0.4, -0.2) is 15.0 Å². The van der Waals surface area contributed by atoms with Crippen LogP contribution in [0.15, 0.2) is 133 Å². The fraction of sp³-hybridized carbons (Fsp3) is 0. The fourth-order valence-electron chi connectivity index (χ4n) is 6.24. The molecule has 2 heterocycles. The van der Waals surface area contributed by atoms with E-state index in [0.29, 0.717) is 22.5 Å². The highest BCUT2D eigenvalue weighted by Crippen LogP contribution is 2.47. The van der Waals surface area contributed by atoms with Crippen LogP contribution in [0.5, 0.6) is 0 Å². The minimum Gasteiger partial charge on any atom is -0.208 e. The number of thiophene rings is 1. The number of fused-ring (bicyclic) bond motifs is 7. The Balaban J connectivity index is 1.36. The molecule has 0 aliphatic carbocycles. The Morgan fingerprint density at radius 2 is 0.955 bits per heavy atom. The standard InChI is InChI=1S/C39H22ClN3S/c40-35-34(30-14-6-5-13-29(30)33-31-15-7-8-16-32(31)44-36(33)35)39-42-37(27-19-17-23-9-1-3-11-25(23)21-27)41-38(43-39)28-20-18-24-10-2-4-12-26(24)22-28/h1-22H. The van der Waals surface area contributed by atoms with Crippen LogP contribution in [0, 0.1) is 0 Å². The van der Waals surface area contributed by atoms with E-state index in [2.05, 4.69) is 133 Å². The molecule has 44 heavy (non-hydrogen) atoms. The Morgan fingerprint density at radius 1 is 0.455 bits per heavy atom. The Hall–Kier alpha value is -5.16. The lowest BCUT2D eigenvalue weighted by atomic mass is 9.98. The lowest BCUT2D eigenvalue weighted by Crippen LogP contribution is -2.01. The molecule has 0 aliphatic rings. The predicted octanol–water partition coefficient (Wildman–Crippen LogP) is 11.4. The normalized spacial score (nSPS) is 11.8. The van der Waals surface area contributed by atoms with Gasteiger partial charge in [0.05, 0.1) is 9.72 Å². The molecule has 5 heteroatoms. The number of hydrogen-bond acceptors (Lipinski definition) is 4. The smallest absolute Gasteiger partial charge is 0.166 e. The topological polar surface area (TPSA) is 38.7 Å². The fourth-order valence-corrected chi connectivity index (χ4v) is 7.80. The van der Waals surface area contributed by atoms with Crippen molar-refractivity contribution >= 4 is 75.4 Å². The quantitative estimate of drug-likeness (QED) is 0.203. The van der Waals surface area contributed by atoms with Gasteiger partial charge in [-0.3, -0.25) is 0 Å². The maximum atomic E-state index is 7.39. The van der Waals surface area contributed by atoms with Crippen LogP contribution in [0.25, 0.3) is 86.7 Å². The van der Waals surface area contributed by atoms with Crippen LogP contribution in [0.4, 0.5) is 0 Å². The van der Waals surface area contributed by atoms with Gasteiger partial charge in [-0.25, -0.2) is 15.0 Å². The molecule has 0 radical (unpaired) electrons. The summed E-state index contributed by atoms with van der Waals surface area (Å²) in [6.07, 6.45) is 0. The zero-order valence-corrected chi connectivity index (χ0v) is 24.9. The second-order valence-electron chi connectivity index (χ2n) is 11.0. The molecule has 3 nitrogen and oxygen atoms in total. The van der Waals surface area contributed by atoms with Gasteiger partial charge >= 0.3 is 0 Å². The van der Waals surface area contributed by atoms with E-state index in [1.165, 1.54) is 26.2 Å². The van der Waals surface area contributed by atoms with Gasteiger partial charge in [0.15, 0.2) is 17.5 Å². The molecule has 9 rings (SSSR count). The molecular formula is C39H22ClN3S. The minimum absolute atomic E-state index is 0.562. The second-order valence-corrected chi connectivity index (χ2v) is 12.4. The highest BCUT2D eigenvalue weighted by Gasteiger charge is 2.22. The summed E-state index contributed by atoms with van der Waals surface area (Å²) < 4.78 is 2.25. The molecule has 0 saturated carbocycles. The van der Waals surface area contributed by atoms with Gasteiger partial charge in [-0.1, -0.05) is 127 Å². The van der Waals surface area contributed by atoms with E-state index in [0.717, 1.165) is 42.9 Å². The summed E-state index contributed by atoms with van der Waals surface area (Å²) in [5.74, 6) is 1.79. The van der Waals surface area contributed by atoms with Crippen LogP contribution in [-0.2, 0) is 0 Å². The molecule has 0 spiro atoms. The van der Waals surface area contributed by atoms with E-state index in [9.17, 15) is 0 Å². The molecule has 0 aliphatic heterocycles. The molecule has 0 unspecified atom stereocenters. The molecule has 2 aromatic heterocycles. The third-order valence-corrected chi connectivity index (χ3v) is 10.0. The van der Waals surface area contributed by atoms with Crippen LogP contribution in [0.1, 0.15) is 0 Å². The highest BCUT2D eigenvalue weighted by atomic mass is 35.5. The first-order valence-electron chi connectivity index (χ1n) is 14.5. The third-order valence-electron chi connectivity index (χ3n) is 8.35. The van der Waals surface area contributed by atoms with E-state index < -0.39 is 0 Å². The number of hydrogen-bond donors (Lipinski definition) is 0. The van der Waals surface area contributed by atoms with Gasteiger partial charge in [-0.15, -0.1) is 11.3 Å². The van der Waals surface area contributed by atoms with Crippen molar-refractivity contribution in [2.45, 2.75) is 0 Å². The zero-order valence-electron chi connectivity index (χ0n) is 23.3. The van der Waals surface area contributed by atoms with Gasteiger partial charge in [0.1, 0.15) is 0 Å². The molecule has 7 aromatic carbocycles. The van der Waals surface area contributed by atoms with E-state index in [1.807, 2.05) is 0 Å². The van der Waals surface area contributed by atoms with Gasteiger partial charge < -0.3 is 0 Å². The highest BCUT2D eigenvalue weighted by molar-refractivity contribution is 7.26. The van der Waals surface area contributed by atoms with E-state index in [1.54, 1.807) is 11.3 Å². The summed E-state index contributed by atoms with van der Waals surface area (Å²) in [5.41, 5.74) is 2.68. The first-order valence-corrected chi connectivity index (χ1v) is 15.7. The lowest BCUT2D eigenvalue weighted by molar-refractivity contribution is 1.08. The molecule has 0 saturated heterocycles. The summed E-state index contributed by atoms with van der Waals surface area (Å²) in [6.45, 7) is 0. The Kier molecular flexibility index (Phi) is 5.73. The Morgan fingerprint density at radius 3 is 1.59 bits per heavy atom. The summed E-state index contributed by atoms with van der Waals surface area (Å²) >= 11 is 9.10. The second kappa shape index (κ2) is 9.95. The Labute approximate surface area is 262 Å². The molecule has 0 N–H and O–H groups in total. The zero-order chi connectivity index (χ0) is 29.2. The van der Waals surface area contributed by atoms with E-state index in [4.69, 9.17) is 26.6 Å². The van der Waals surface area contributed by atoms with Gasteiger partial charge in [-0.2, -0.15) is 0 Å². The van der Waals surface area contributed by atoms with Gasteiger partial charge in [0.2, 0.25) is 0 Å². The summed E-state index contributed by atoms with van der Waals surface area (Å²) in [5, 5.41) is 9.82. The van der Waals surface area contributed by atoms with Gasteiger partial charge in [0.25, 0.3) is 0 Å². The van der Waals surface area contributed by atoms with Gasteiger partial charge in [-0.05, 0) is 50.5 Å². The molecule has 9 aromatic rings. The molecule has 0 fully saturated rings. The monoisotopic (exact) mass is 599 g/mol. The Bertz CT molecular complexity index is 2490. The molecule has 0 atom stereocenters. The van der Waals surface area contributed by atoms with E-state index >= 15 is 0 Å². The number of benzene rings is 7. The maximum absolute atomic E-state index is 7.39.